The van der Waals surface area contributed by atoms with Crippen LogP contribution in [0.3, 0.4) is 0 Å². The first-order valence-corrected chi connectivity index (χ1v) is 7.37. The van der Waals surface area contributed by atoms with E-state index in [0.29, 0.717) is 5.03 Å². The largest absolute Gasteiger partial charge is 0.444 e. The SMILES string of the molecule is CC(C)(C)OC(=O)NCC[C@H](O)C(=O)Sc1ccccn1. The Morgan fingerprint density at radius 1 is 1.43 bits per heavy atom. The third-order valence-electron chi connectivity index (χ3n) is 2.20. The van der Waals surface area contributed by atoms with E-state index in [1.807, 2.05) is 0 Å². The molecule has 0 saturated heterocycles. The highest BCUT2D eigenvalue weighted by molar-refractivity contribution is 8.13. The highest BCUT2D eigenvalue weighted by Crippen LogP contribution is 2.17. The summed E-state index contributed by atoms with van der Waals surface area (Å²) in [4.78, 5) is 27.1. The molecule has 0 unspecified atom stereocenters. The molecular formula is C14H20N2O4S. The number of alkyl carbamates (subject to hydrolysis) is 1. The number of nitrogens with zero attached hydrogens (tertiary/aromatic N) is 1. The van der Waals surface area contributed by atoms with Gasteiger partial charge in [0.1, 0.15) is 16.7 Å². The van der Waals surface area contributed by atoms with Crippen LogP contribution in [0.4, 0.5) is 4.79 Å². The maximum absolute atomic E-state index is 11.7. The average molecular weight is 312 g/mol. The zero-order valence-corrected chi connectivity index (χ0v) is 13.1. The number of hydrogen-bond acceptors (Lipinski definition) is 6. The number of carbonyl (C=O) groups is 2. The lowest BCUT2D eigenvalue weighted by Gasteiger charge is -2.19. The number of aromatic nitrogens is 1. The molecule has 6 nitrogen and oxygen atoms in total. The van der Waals surface area contributed by atoms with Crippen LogP contribution in [0, 0.1) is 0 Å². The Hall–Kier alpha value is -1.60. The third-order valence-corrected chi connectivity index (χ3v) is 3.12. The number of thioether (sulfide) groups is 1. The van der Waals surface area contributed by atoms with E-state index >= 15 is 0 Å². The van der Waals surface area contributed by atoms with Gasteiger partial charge in [-0.1, -0.05) is 6.07 Å². The summed E-state index contributed by atoms with van der Waals surface area (Å²) in [6, 6.07) is 5.20. The lowest BCUT2D eigenvalue weighted by Crippen LogP contribution is -2.34. The second-order valence-corrected chi connectivity index (χ2v) is 6.35. The molecule has 1 aromatic heterocycles. The van der Waals surface area contributed by atoms with E-state index in [4.69, 9.17) is 4.74 Å². The highest BCUT2D eigenvalue weighted by Gasteiger charge is 2.19. The number of aliphatic hydroxyl groups excluding tert-OH is 1. The fourth-order valence-corrected chi connectivity index (χ4v) is 2.04. The quantitative estimate of drug-likeness (QED) is 0.808. The number of carbonyl (C=O) groups excluding carboxylic acids is 2. The van der Waals surface area contributed by atoms with Gasteiger partial charge < -0.3 is 15.2 Å². The molecule has 2 N–H and O–H groups in total. The van der Waals surface area contributed by atoms with Gasteiger partial charge in [-0.2, -0.15) is 0 Å². The van der Waals surface area contributed by atoms with Gasteiger partial charge >= 0.3 is 6.09 Å². The third kappa shape index (κ3) is 7.67. The highest BCUT2D eigenvalue weighted by atomic mass is 32.2. The van der Waals surface area contributed by atoms with E-state index in [1.165, 1.54) is 0 Å². The molecule has 116 valence electrons. The molecule has 1 heterocycles. The van der Waals surface area contributed by atoms with Crippen LogP contribution in [0.25, 0.3) is 0 Å². The average Bonchev–Trinajstić information content (AvgIpc) is 2.37. The molecule has 1 amide bonds. The number of pyridine rings is 1. The van der Waals surface area contributed by atoms with Gasteiger partial charge in [0.15, 0.2) is 0 Å². The fourth-order valence-electron chi connectivity index (χ4n) is 1.32. The maximum atomic E-state index is 11.7. The zero-order valence-electron chi connectivity index (χ0n) is 12.3. The molecule has 1 rings (SSSR count). The van der Waals surface area contributed by atoms with Crippen molar-refractivity contribution in [3.63, 3.8) is 0 Å². The summed E-state index contributed by atoms with van der Waals surface area (Å²) in [7, 11) is 0. The van der Waals surface area contributed by atoms with E-state index in [0.717, 1.165) is 11.8 Å². The van der Waals surface area contributed by atoms with Crippen molar-refractivity contribution >= 4 is 23.0 Å². The Morgan fingerprint density at radius 3 is 2.71 bits per heavy atom. The van der Waals surface area contributed by atoms with Crippen LogP contribution < -0.4 is 5.32 Å². The molecule has 0 aliphatic rings. The minimum atomic E-state index is -1.16. The zero-order chi connectivity index (χ0) is 15.9. The number of ether oxygens (including phenoxy) is 1. The molecule has 0 radical (unpaired) electrons. The van der Waals surface area contributed by atoms with Crippen LogP contribution in [0.2, 0.25) is 0 Å². The summed E-state index contributed by atoms with van der Waals surface area (Å²) in [6.45, 7) is 5.43. The van der Waals surface area contributed by atoms with Gasteiger partial charge in [0.2, 0.25) is 5.12 Å². The number of hydrogen-bond donors (Lipinski definition) is 2. The number of amides is 1. The Morgan fingerprint density at radius 2 is 2.14 bits per heavy atom. The molecule has 21 heavy (non-hydrogen) atoms. The van der Waals surface area contributed by atoms with Gasteiger partial charge in [-0.15, -0.1) is 0 Å². The number of aliphatic hydroxyl groups is 1. The summed E-state index contributed by atoms with van der Waals surface area (Å²) in [5.74, 6) is 0. The minimum absolute atomic E-state index is 0.123. The molecule has 0 aliphatic heterocycles. The second kappa shape index (κ2) is 7.99. The molecular weight excluding hydrogens is 292 g/mol. The van der Waals surface area contributed by atoms with Crippen LogP contribution in [-0.2, 0) is 9.53 Å². The topological polar surface area (TPSA) is 88.5 Å². The smallest absolute Gasteiger partial charge is 0.407 e. The second-order valence-electron chi connectivity index (χ2n) is 5.32. The van der Waals surface area contributed by atoms with Crippen LogP contribution in [0.5, 0.6) is 0 Å². The monoisotopic (exact) mass is 312 g/mol. The normalized spacial score (nSPS) is 12.6. The summed E-state index contributed by atoms with van der Waals surface area (Å²) >= 11 is 0.877. The molecule has 1 atom stereocenters. The van der Waals surface area contributed by atoms with Gasteiger partial charge in [-0.05, 0) is 51.1 Å². The first-order chi connectivity index (χ1) is 9.78. The Bertz CT molecular complexity index is 474. The summed E-state index contributed by atoms with van der Waals surface area (Å²) < 4.78 is 5.04. The van der Waals surface area contributed by atoms with Crippen molar-refractivity contribution in [2.75, 3.05) is 6.54 Å². The predicted molar refractivity (Wildman–Crippen MR) is 80.0 cm³/mol. The van der Waals surface area contributed by atoms with E-state index in [2.05, 4.69) is 10.3 Å². The van der Waals surface area contributed by atoms with E-state index in [1.54, 1.807) is 45.2 Å². The van der Waals surface area contributed by atoms with E-state index in [9.17, 15) is 14.7 Å². The van der Waals surface area contributed by atoms with Crippen LogP contribution >= 0.6 is 11.8 Å². The van der Waals surface area contributed by atoms with Gasteiger partial charge in [0.05, 0.1) is 0 Å². The molecule has 0 spiro atoms. The molecule has 0 aromatic carbocycles. The van der Waals surface area contributed by atoms with Crippen molar-refractivity contribution in [1.29, 1.82) is 0 Å². The summed E-state index contributed by atoms with van der Waals surface area (Å²) in [5.41, 5.74) is -0.576. The first kappa shape index (κ1) is 17.5. The Labute approximate surface area is 128 Å². The predicted octanol–water partition coefficient (Wildman–Crippen LogP) is 1.98. The van der Waals surface area contributed by atoms with Crippen molar-refractivity contribution in [1.82, 2.24) is 10.3 Å². The van der Waals surface area contributed by atoms with Gasteiger partial charge in [0.25, 0.3) is 0 Å². The lowest BCUT2D eigenvalue weighted by molar-refractivity contribution is -0.118. The molecule has 0 bridgehead atoms. The van der Waals surface area contributed by atoms with Gasteiger partial charge in [-0.3, -0.25) is 4.79 Å². The Balaban J connectivity index is 2.29. The lowest BCUT2D eigenvalue weighted by atomic mass is 10.2. The van der Waals surface area contributed by atoms with Crippen molar-refractivity contribution in [2.24, 2.45) is 0 Å². The summed E-state index contributed by atoms with van der Waals surface area (Å²) in [5, 5.41) is 12.4. The van der Waals surface area contributed by atoms with Crippen LogP contribution in [-0.4, -0.2) is 39.5 Å². The van der Waals surface area contributed by atoms with Crippen LogP contribution in [0.1, 0.15) is 27.2 Å². The first-order valence-electron chi connectivity index (χ1n) is 6.55. The Kier molecular flexibility index (Phi) is 6.64. The van der Waals surface area contributed by atoms with Crippen molar-refractivity contribution < 1.29 is 19.4 Å². The number of rotatable bonds is 5. The molecule has 0 saturated carbocycles. The van der Waals surface area contributed by atoms with Crippen LogP contribution in [0.15, 0.2) is 29.4 Å². The molecule has 1 aromatic rings. The standard InChI is InChI=1S/C14H20N2O4S/c1-14(2,3)20-13(19)16-9-7-10(17)12(18)21-11-6-4-5-8-15-11/h4-6,8,10,17H,7,9H2,1-3H3,(H,16,19)/t10-/m0/s1. The van der Waals surface area contributed by atoms with Crippen molar-refractivity contribution in [3.05, 3.63) is 24.4 Å². The maximum Gasteiger partial charge on any atom is 0.407 e. The van der Waals surface area contributed by atoms with Crippen molar-refractivity contribution in [2.45, 2.75) is 43.9 Å². The molecule has 7 heteroatoms. The summed E-state index contributed by atoms with van der Waals surface area (Å²) in [6.07, 6.45) is -0.0317. The van der Waals surface area contributed by atoms with E-state index in [-0.39, 0.29) is 13.0 Å². The minimum Gasteiger partial charge on any atom is -0.444 e. The number of nitrogens with one attached hydrogen (secondary N) is 1. The fraction of sp³-hybridized carbons (Fsp3) is 0.500. The molecule has 0 fully saturated rings. The van der Waals surface area contributed by atoms with Gasteiger partial charge in [0, 0.05) is 12.7 Å². The van der Waals surface area contributed by atoms with E-state index < -0.39 is 22.9 Å². The molecule has 0 aliphatic carbocycles. The van der Waals surface area contributed by atoms with Gasteiger partial charge in [-0.25, -0.2) is 9.78 Å². The van der Waals surface area contributed by atoms with Crippen molar-refractivity contribution in [3.8, 4) is 0 Å².